The van der Waals surface area contributed by atoms with Gasteiger partial charge in [0.2, 0.25) is 12.7 Å². The monoisotopic (exact) mass is 473 g/mol. The Labute approximate surface area is 200 Å². The van der Waals surface area contributed by atoms with Crippen LogP contribution in [0.15, 0.2) is 75.9 Å². The van der Waals surface area contributed by atoms with E-state index in [1.54, 1.807) is 49.6 Å². The molecule has 1 amide bonds. The van der Waals surface area contributed by atoms with Gasteiger partial charge < -0.3 is 29.1 Å². The Morgan fingerprint density at radius 3 is 2.63 bits per heavy atom. The molecule has 8 heteroatoms. The number of amides is 1. The Bertz CT molecular complexity index is 1440. The number of ether oxygens (including phenoxy) is 3. The lowest BCUT2D eigenvalue weighted by Gasteiger charge is -2.19. The molecule has 5 rings (SSSR count). The molecule has 1 aromatic heterocycles. The Morgan fingerprint density at radius 2 is 1.83 bits per heavy atom. The number of para-hydroxylation sites is 1. The third kappa shape index (κ3) is 4.50. The highest BCUT2D eigenvalue weighted by atomic mass is 16.7. The second-order valence-corrected chi connectivity index (χ2v) is 8.14. The minimum atomic E-state index is -0.777. The van der Waals surface area contributed by atoms with Crippen molar-refractivity contribution >= 4 is 16.9 Å². The molecule has 4 aromatic rings. The number of nitrogens with one attached hydrogen (secondary N) is 1. The number of carbonyl (C=O) groups is 1. The SMILES string of the molecule is COc1ccc(CNC(=O)CC(c2ccc3c(c2)OCO3)c2c(O)c3ccccc3oc2=O)cc1. The second-order valence-electron chi connectivity index (χ2n) is 8.14. The van der Waals surface area contributed by atoms with Crippen LogP contribution >= 0.6 is 0 Å². The first kappa shape index (κ1) is 22.3. The van der Waals surface area contributed by atoms with Gasteiger partial charge in [0.1, 0.15) is 17.1 Å². The van der Waals surface area contributed by atoms with Crippen LogP contribution in [0.4, 0.5) is 0 Å². The molecule has 178 valence electrons. The maximum Gasteiger partial charge on any atom is 0.343 e. The highest BCUT2D eigenvalue weighted by Crippen LogP contribution is 2.40. The summed E-state index contributed by atoms with van der Waals surface area (Å²) in [6, 6.07) is 19.3. The number of fused-ring (bicyclic) bond motifs is 2. The van der Waals surface area contributed by atoms with Crippen LogP contribution < -0.4 is 25.2 Å². The molecule has 0 aliphatic carbocycles. The minimum Gasteiger partial charge on any atom is -0.507 e. The molecule has 1 aliphatic rings. The molecule has 35 heavy (non-hydrogen) atoms. The summed E-state index contributed by atoms with van der Waals surface area (Å²) in [7, 11) is 1.59. The molecule has 0 spiro atoms. The standard InChI is InChI=1S/C27H23NO7/c1-32-18-9-6-16(7-10-18)14-28-24(29)13-20(17-8-11-22-23(12-17)34-15-33-22)25-26(30)19-4-2-3-5-21(19)35-27(25)31/h2-12,20,30H,13-15H2,1H3,(H,28,29). The highest BCUT2D eigenvalue weighted by Gasteiger charge is 2.28. The van der Waals surface area contributed by atoms with E-state index in [2.05, 4.69) is 5.32 Å². The molecular weight excluding hydrogens is 450 g/mol. The largest absolute Gasteiger partial charge is 0.507 e. The maximum atomic E-state index is 13.0. The van der Waals surface area contributed by atoms with Gasteiger partial charge in [-0.15, -0.1) is 0 Å². The van der Waals surface area contributed by atoms with E-state index in [0.29, 0.717) is 29.0 Å². The van der Waals surface area contributed by atoms with Crippen LogP contribution in [0.1, 0.15) is 29.0 Å². The molecule has 1 aliphatic heterocycles. The molecule has 1 unspecified atom stereocenters. The number of benzene rings is 3. The quantitative estimate of drug-likeness (QED) is 0.390. The molecule has 0 saturated carbocycles. The fourth-order valence-electron chi connectivity index (χ4n) is 4.17. The van der Waals surface area contributed by atoms with Gasteiger partial charge in [-0.3, -0.25) is 4.79 Å². The van der Waals surface area contributed by atoms with Crippen LogP contribution in [0.25, 0.3) is 11.0 Å². The normalized spacial score (nSPS) is 12.9. The third-order valence-corrected chi connectivity index (χ3v) is 6.01. The predicted octanol–water partition coefficient (Wildman–Crippen LogP) is 4.07. The number of hydrogen-bond acceptors (Lipinski definition) is 7. The zero-order valence-corrected chi connectivity index (χ0v) is 18.9. The molecule has 8 nitrogen and oxygen atoms in total. The first-order valence-corrected chi connectivity index (χ1v) is 11.1. The van der Waals surface area contributed by atoms with Crippen LogP contribution in [0.3, 0.4) is 0 Å². The van der Waals surface area contributed by atoms with Crippen LogP contribution in [-0.4, -0.2) is 24.9 Å². The maximum absolute atomic E-state index is 13.0. The van der Waals surface area contributed by atoms with Crippen LogP contribution in [0, 0.1) is 0 Å². The summed E-state index contributed by atoms with van der Waals surface area (Å²) in [6.45, 7) is 0.393. The fourth-order valence-corrected chi connectivity index (χ4v) is 4.17. The van der Waals surface area contributed by atoms with E-state index in [4.69, 9.17) is 18.6 Å². The van der Waals surface area contributed by atoms with Crippen molar-refractivity contribution in [1.82, 2.24) is 5.32 Å². The zero-order chi connectivity index (χ0) is 24.4. The van der Waals surface area contributed by atoms with Crippen molar-refractivity contribution in [2.75, 3.05) is 13.9 Å². The minimum absolute atomic E-state index is 0.0159. The summed E-state index contributed by atoms with van der Waals surface area (Å²) in [4.78, 5) is 26.0. The Morgan fingerprint density at radius 1 is 1.06 bits per heavy atom. The predicted molar refractivity (Wildman–Crippen MR) is 128 cm³/mol. The van der Waals surface area contributed by atoms with Crippen LogP contribution in [0.5, 0.6) is 23.0 Å². The Hall–Kier alpha value is -4.46. The Kier molecular flexibility index (Phi) is 6.01. The van der Waals surface area contributed by atoms with E-state index < -0.39 is 11.5 Å². The van der Waals surface area contributed by atoms with Crippen molar-refractivity contribution in [1.29, 1.82) is 0 Å². The first-order chi connectivity index (χ1) is 17.0. The molecule has 2 heterocycles. The Balaban J connectivity index is 1.48. The summed E-state index contributed by atoms with van der Waals surface area (Å²) >= 11 is 0. The van der Waals surface area contributed by atoms with E-state index in [-0.39, 0.29) is 36.0 Å². The topological polar surface area (TPSA) is 107 Å². The van der Waals surface area contributed by atoms with E-state index in [1.165, 1.54) is 0 Å². The van der Waals surface area contributed by atoms with Gasteiger partial charge in [-0.25, -0.2) is 4.79 Å². The van der Waals surface area contributed by atoms with E-state index in [1.807, 2.05) is 24.3 Å². The van der Waals surface area contributed by atoms with Crippen molar-refractivity contribution in [3.8, 4) is 23.0 Å². The van der Waals surface area contributed by atoms with Gasteiger partial charge in [-0.2, -0.15) is 0 Å². The molecular formula is C27H23NO7. The van der Waals surface area contributed by atoms with Gasteiger partial charge >= 0.3 is 5.63 Å². The highest BCUT2D eigenvalue weighted by molar-refractivity contribution is 5.85. The average Bonchev–Trinajstić information content (AvgIpc) is 3.35. The van der Waals surface area contributed by atoms with E-state index in [0.717, 1.165) is 11.3 Å². The number of carbonyl (C=O) groups excluding carboxylic acids is 1. The molecule has 2 N–H and O–H groups in total. The summed E-state index contributed by atoms with van der Waals surface area (Å²) in [6.07, 6.45) is -0.0908. The lowest BCUT2D eigenvalue weighted by Crippen LogP contribution is -2.26. The van der Waals surface area contributed by atoms with Crippen molar-refractivity contribution in [3.63, 3.8) is 0 Å². The van der Waals surface area contributed by atoms with Crippen molar-refractivity contribution in [2.45, 2.75) is 18.9 Å². The molecule has 3 aromatic carbocycles. The first-order valence-electron chi connectivity index (χ1n) is 11.1. The lowest BCUT2D eigenvalue weighted by atomic mass is 9.87. The number of rotatable bonds is 7. The van der Waals surface area contributed by atoms with Gasteiger partial charge in [0.05, 0.1) is 18.1 Å². The van der Waals surface area contributed by atoms with Gasteiger partial charge in [-0.05, 0) is 47.5 Å². The summed E-state index contributed by atoms with van der Waals surface area (Å²) < 4.78 is 21.5. The number of aromatic hydroxyl groups is 1. The van der Waals surface area contributed by atoms with Gasteiger partial charge in [0.25, 0.3) is 0 Å². The van der Waals surface area contributed by atoms with Crippen LogP contribution in [-0.2, 0) is 11.3 Å². The smallest absolute Gasteiger partial charge is 0.343 e. The number of methoxy groups -OCH3 is 1. The average molecular weight is 473 g/mol. The second kappa shape index (κ2) is 9.42. The molecule has 0 fully saturated rings. The summed E-state index contributed by atoms with van der Waals surface area (Å²) in [5.41, 5.74) is 1.10. The molecule has 0 bridgehead atoms. The molecule has 0 saturated heterocycles. The van der Waals surface area contributed by atoms with Gasteiger partial charge in [0, 0.05) is 18.9 Å². The van der Waals surface area contributed by atoms with Crippen molar-refractivity contribution in [2.24, 2.45) is 0 Å². The summed E-state index contributed by atoms with van der Waals surface area (Å²) in [5.74, 6) is 0.530. The fraction of sp³-hybridized carbons (Fsp3) is 0.185. The van der Waals surface area contributed by atoms with Gasteiger partial charge in [-0.1, -0.05) is 30.3 Å². The molecule has 1 atom stereocenters. The summed E-state index contributed by atoms with van der Waals surface area (Å²) in [5, 5.41) is 14.3. The van der Waals surface area contributed by atoms with Gasteiger partial charge in [0.15, 0.2) is 11.5 Å². The van der Waals surface area contributed by atoms with Crippen molar-refractivity contribution < 1.29 is 28.5 Å². The van der Waals surface area contributed by atoms with Crippen molar-refractivity contribution in [3.05, 3.63) is 93.8 Å². The van der Waals surface area contributed by atoms with E-state index in [9.17, 15) is 14.7 Å². The van der Waals surface area contributed by atoms with E-state index >= 15 is 0 Å². The lowest BCUT2D eigenvalue weighted by molar-refractivity contribution is -0.121. The van der Waals surface area contributed by atoms with Crippen LogP contribution in [0.2, 0.25) is 0 Å². The third-order valence-electron chi connectivity index (χ3n) is 6.01. The zero-order valence-electron chi connectivity index (χ0n) is 18.9. The molecule has 0 radical (unpaired) electrons. The number of hydrogen-bond donors (Lipinski definition) is 2.